The predicted octanol–water partition coefficient (Wildman–Crippen LogP) is 5.10. The van der Waals surface area contributed by atoms with Crippen LogP contribution in [0.4, 0.5) is 5.69 Å². The number of carboxylic acid groups (broad SMARTS) is 2. The minimum Gasteiger partial charge on any atom is -0.545 e. The maximum Gasteiger partial charge on any atom is 2.00 e. The van der Waals surface area contributed by atoms with E-state index in [2.05, 4.69) is 37.2 Å². The third kappa shape index (κ3) is 11.7. The SMILES string of the molecule is O=C([O-])c1ccc(Br)cc1.O=C([O-])c1ccc(Br)cc1.S=C(Nc1ccccc1)c1ccccc1.[Cu+2]. The number of hydrogen-bond donors (Lipinski definition) is 1. The van der Waals surface area contributed by atoms with Gasteiger partial charge in [0.05, 0.1) is 11.9 Å². The first-order valence-corrected chi connectivity index (χ1v) is 12.1. The number of thiocarbonyl (C=S) groups is 1. The maximum absolute atomic E-state index is 10.2. The zero-order valence-electron chi connectivity index (χ0n) is 18.5. The van der Waals surface area contributed by atoms with Gasteiger partial charge >= 0.3 is 17.1 Å². The molecule has 0 bridgehead atoms. The average molecular weight is 677 g/mol. The molecule has 1 radical (unpaired) electrons. The summed E-state index contributed by atoms with van der Waals surface area (Å²) in [6, 6.07) is 32.4. The first-order chi connectivity index (χ1) is 16.8. The number of carbonyl (C=O) groups is 2. The Bertz CT molecular complexity index is 1190. The minimum absolute atomic E-state index is 0. The quantitative estimate of drug-likeness (QED) is 0.239. The van der Waals surface area contributed by atoms with Crippen molar-refractivity contribution in [3.05, 3.63) is 135 Å². The summed E-state index contributed by atoms with van der Waals surface area (Å²) in [5.41, 5.74) is 2.45. The molecule has 5 nitrogen and oxygen atoms in total. The number of nitrogens with one attached hydrogen (secondary N) is 1. The zero-order valence-corrected chi connectivity index (χ0v) is 23.4. The summed E-state index contributed by atoms with van der Waals surface area (Å²) in [5.74, 6) is -2.29. The maximum atomic E-state index is 10.2. The second-order valence-electron chi connectivity index (χ2n) is 6.77. The van der Waals surface area contributed by atoms with Crippen molar-refractivity contribution < 1.29 is 36.9 Å². The van der Waals surface area contributed by atoms with Crippen molar-refractivity contribution in [3.63, 3.8) is 0 Å². The molecule has 0 amide bonds. The van der Waals surface area contributed by atoms with Gasteiger partial charge in [-0.25, -0.2) is 0 Å². The Balaban J connectivity index is 0.000000276. The van der Waals surface area contributed by atoms with E-state index >= 15 is 0 Å². The molecule has 0 aliphatic heterocycles. The van der Waals surface area contributed by atoms with Crippen molar-refractivity contribution in [2.45, 2.75) is 0 Å². The number of anilines is 1. The molecule has 0 aliphatic carbocycles. The average Bonchev–Trinajstić information content (AvgIpc) is 2.86. The van der Waals surface area contributed by atoms with Crippen LogP contribution in [0.1, 0.15) is 26.3 Å². The van der Waals surface area contributed by atoms with Gasteiger partial charge in [0.1, 0.15) is 4.99 Å². The van der Waals surface area contributed by atoms with Crippen LogP contribution in [-0.4, -0.2) is 16.9 Å². The van der Waals surface area contributed by atoms with E-state index in [1.165, 1.54) is 24.3 Å². The monoisotopic (exact) mass is 674 g/mol. The van der Waals surface area contributed by atoms with E-state index in [4.69, 9.17) is 12.2 Å². The third-order valence-electron chi connectivity index (χ3n) is 4.23. The number of rotatable bonds is 4. The number of hydrogen-bond acceptors (Lipinski definition) is 5. The van der Waals surface area contributed by atoms with Gasteiger partial charge in [-0.3, -0.25) is 0 Å². The van der Waals surface area contributed by atoms with Crippen LogP contribution in [0, 0.1) is 0 Å². The molecule has 0 spiro atoms. The Morgan fingerprint density at radius 1 is 0.583 bits per heavy atom. The standard InChI is InChI=1S/C13H11NS.2C7H5BrO2.Cu/c15-13(11-7-3-1-4-8-11)14-12-9-5-2-6-10-12;2*8-6-3-1-5(2-4-6)7(9)10;/h1-10H,(H,14,15);2*1-4H,(H,9,10);/q;;;+2/p-2. The van der Waals surface area contributed by atoms with Crippen molar-refractivity contribution in [2.24, 2.45) is 0 Å². The molecule has 1 N–H and O–H groups in total. The van der Waals surface area contributed by atoms with Crippen LogP contribution in [0.25, 0.3) is 0 Å². The fraction of sp³-hybridized carbons (Fsp3) is 0. The summed E-state index contributed by atoms with van der Waals surface area (Å²) in [4.78, 5) is 21.1. The molecule has 187 valence electrons. The summed E-state index contributed by atoms with van der Waals surface area (Å²) >= 11 is 11.7. The molecule has 0 fully saturated rings. The van der Waals surface area contributed by atoms with E-state index in [1.54, 1.807) is 24.3 Å². The molecule has 0 atom stereocenters. The Morgan fingerprint density at radius 3 is 1.31 bits per heavy atom. The number of halogens is 2. The van der Waals surface area contributed by atoms with Crippen molar-refractivity contribution in [1.29, 1.82) is 0 Å². The van der Waals surface area contributed by atoms with E-state index in [0.717, 1.165) is 25.2 Å². The van der Waals surface area contributed by atoms with E-state index in [9.17, 15) is 19.8 Å². The molecule has 4 aromatic carbocycles. The Morgan fingerprint density at radius 2 is 0.944 bits per heavy atom. The van der Waals surface area contributed by atoms with Gasteiger partial charge in [-0.15, -0.1) is 0 Å². The number of benzene rings is 4. The summed E-state index contributed by atoms with van der Waals surface area (Å²) < 4.78 is 1.72. The van der Waals surface area contributed by atoms with Gasteiger partial charge in [-0.1, -0.05) is 117 Å². The topological polar surface area (TPSA) is 92.3 Å². The molecule has 0 aliphatic rings. The second kappa shape index (κ2) is 16.8. The van der Waals surface area contributed by atoms with Crippen LogP contribution in [-0.2, 0) is 17.1 Å². The third-order valence-corrected chi connectivity index (χ3v) is 5.62. The number of para-hydroxylation sites is 1. The van der Waals surface area contributed by atoms with Gasteiger partial charge in [-0.05, 0) is 47.5 Å². The first kappa shape index (κ1) is 31.2. The number of carbonyl (C=O) groups excluding carboxylic acids is 2. The molecule has 4 rings (SSSR count). The van der Waals surface area contributed by atoms with Gasteiger partial charge in [0.2, 0.25) is 0 Å². The van der Waals surface area contributed by atoms with E-state index in [-0.39, 0.29) is 28.2 Å². The largest absolute Gasteiger partial charge is 2.00 e. The summed E-state index contributed by atoms with van der Waals surface area (Å²) in [6.45, 7) is 0. The van der Waals surface area contributed by atoms with Gasteiger partial charge in [-0.2, -0.15) is 0 Å². The molecule has 36 heavy (non-hydrogen) atoms. The Hall–Kier alpha value is -2.81. The van der Waals surface area contributed by atoms with E-state index < -0.39 is 11.9 Å². The van der Waals surface area contributed by atoms with Crippen LogP contribution in [0.5, 0.6) is 0 Å². The number of carboxylic acids is 2. The fourth-order valence-corrected chi connectivity index (χ4v) is 3.27. The van der Waals surface area contributed by atoms with E-state index in [0.29, 0.717) is 0 Å². The van der Waals surface area contributed by atoms with E-state index in [1.807, 2.05) is 60.7 Å². The molecule has 0 aromatic heterocycles. The fourth-order valence-electron chi connectivity index (χ4n) is 2.49. The molecule has 0 saturated heterocycles. The first-order valence-electron chi connectivity index (χ1n) is 10.1. The predicted molar refractivity (Wildman–Crippen MR) is 145 cm³/mol. The van der Waals surface area contributed by atoms with Gasteiger partial charge in [0.25, 0.3) is 0 Å². The van der Waals surface area contributed by atoms with Crippen LogP contribution >= 0.6 is 44.1 Å². The summed E-state index contributed by atoms with van der Waals surface area (Å²) in [5, 5.41) is 23.6. The van der Waals surface area contributed by atoms with Crippen LogP contribution in [0.2, 0.25) is 0 Å². The molecule has 0 unspecified atom stereocenters. The van der Waals surface area contributed by atoms with Crippen LogP contribution in [0.15, 0.2) is 118 Å². The second-order valence-corrected chi connectivity index (χ2v) is 9.01. The summed E-state index contributed by atoms with van der Waals surface area (Å²) in [6.07, 6.45) is 0. The van der Waals surface area contributed by atoms with Crippen molar-refractivity contribution in [2.75, 3.05) is 5.32 Å². The Kier molecular flexibility index (Phi) is 14.6. The van der Waals surface area contributed by atoms with Crippen LogP contribution < -0.4 is 15.5 Å². The smallest absolute Gasteiger partial charge is 0.545 e. The van der Waals surface area contributed by atoms with Crippen molar-refractivity contribution >= 4 is 66.7 Å². The Labute approximate surface area is 242 Å². The molecule has 4 aromatic rings. The van der Waals surface area contributed by atoms with Gasteiger partial charge in [0.15, 0.2) is 0 Å². The normalized spacial score (nSPS) is 9.17. The van der Waals surface area contributed by atoms with Gasteiger partial charge in [0, 0.05) is 20.2 Å². The van der Waals surface area contributed by atoms with Crippen molar-refractivity contribution in [1.82, 2.24) is 0 Å². The zero-order chi connectivity index (χ0) is 25.6. The molecule has 9 heteroatoms. The molecule has 0 heterocycles. The number of aromatic carboxylic acids is 2. The minimum atomic E-state index is -1.15. The van der Waals surface area contributed by atoms with Gasteiger partial charge < -0.3 is 25.1 Å². The molecular formula is C27H19Br2CuNO4S. The molecule has 0 saturated carbocycles. The van der Waals surface area contributed by atoms with Crippen molar-refractivity contribution in [3.8, 4) is 0 Å². The summed E-state index contributed by atoms with van der Waals surface area (Å²) in [7, 11) is 0. The van der Waals surface area contributed by atoms with Crippen LogP contribution in [0.3, 0.4) is 0 Å². The molecular weight excluding hydrogens is 658 g/mol.